The van der Waals surface area contributed by atoms with Crippen molar-refractivity contribution in [3.63, 3.8) is 0 Å². The fourth-order valence-electron chi connectivity index (χ4n) is 3.89. The van der Waals surface area contributed by atoms with Gasteiger partial charge in [0.1, 0.15) is 0 Å². The van der Waals surface area contributed by atoms with Gasteiger partial charge in [0, 0.05) is 0 Å². The van der Waals surface area contributed by atoms with Gasteiger partial charge in [0.25, 0.3) is 0 Å². The lowest BCUT2D eigenvalue weighted by molar-refractivity contribution is -0.0502. The minimum Gasteiger partial charge on any atom is -0.0599 e. The monoisotopic (exact) mass is 180 g/mol. The molecule has 0 radical (unpaired) electrons. The summed E-state index contributed by atoms with van der Waals surface area (Å²) in [6.45, 7) is 7.34. The van der Waals surface area contributed by atoms with Crippen LogP contribution in [0.5, 0.6) is 0 Å². The molecule has 0 aliphatic heterocycles. The molecule has 1 atom stereocenters. The molecule has 0 nitrogen and oxygen atoms in total. The largest absolute Gasteiger partial charge is 0.0599 e. The van der Waals surface area contributed by atoms with Crippen molar-refractivity contribution in [2.45, 2.75) is 65.7 Å². The summed E-state index contributed by atoms with van der Waals surface area (Å²) < 4.78 is 0. The molecule has 1 unspecified atom stereocenters. The Labute approximate surface area is 83.1 Å². The van der Waals surface area contributed by atoms with Crippen LogP contribution < -0.4 is 0 Å². The molecular weight excluding hydrogens is 156 g/mol. The van der Waals surface area contributed by atoms with E-state index in [1.807, 2.05) is 0 Å². The average Bonchev–Trinajstić information content (AvgIpc) is 2.00. The molecule has 2 aliphatic carbocycles. The Balaban J connectivity index is 2.14. The van der Waals surface area contributed by atoms with Crippen molar-refractivity contribution in [1.29, 1.82) is 0 Å². The van der Waals surface area contributed by atoms with Gasteiger partial charge in [0.05, 0.1) is 0 Å². The summed E-state index contributed by atoms with van der Waals surface area (Å²) in [7, 11) is 0. The van der Waals surface area contributed by atoms with Gasteiger partial charge in [0.2, 0.25) is 0 Å². The third-order valence-corrected chi connectivity index (χ3v) is 4.55. The first-order chi connectivity index (χ1) is 6.05. The molecule has 2 saturated carbocycles. The minimum absolute atomic E-state index is 0.556. The van der Waals surface area contributed by atoms with E-state index in [1.165, 1.54) is 44.9 Å². The first-order valence-electron chi connectivity index (χ1n) is 6.05. The predicted octanol–water partition coefficient (Wildman–Crippen LogP) is 4.39. The summed E-state index contributed by atoms with van der Waals surface area (Å²) in [4.78, 5) is 0. The van der Waals surface area contributed by atoms with E-state index in [2.05, 4.69) is 20.8 Å². The minimum atomic E-state index is 0.556. The molecule has 0 heteroatoms. The van der Waals surface area contributed by atoms with Crippen molar-refractivity contribution >= 4 is 0 Å². The maximum Gasteiger partial charge on any atom is -0.0264 e. The molecule has 0 aromatic carbocycles. The quantitative estimate of drug-likeness (QED) is 0.518. The zero-order valence-electron chi connectivity index (χ0n) is 9.53. The van der Waals surface area contributed by atoms with Crippen LogP contribution in [-0.2, 0) is 0 Å². The van der Waals surface area contributed by atoms with E-state index < -0.39 is 0 Å². The molecular formula is C13H24. The van der Waals surface area contributed by atoms with Crippen LogP contribution in [0.1, 0.15) is 65.7 Å². The summed E-state index contributed by atoms with van der Waals surface area (Å²) in [5.41, 5.74) is 1.36. The second-order valence-electron chi connectivity index (χ2n) is 6.38. The summed E-state index contributed by atoms with van der Waals surface area (Å²) in [5.74, 6) is 1.02. The molecule has 0 aromatic heterocycles. The van der Waals surface area contributed by atoms with E-state index in [-0.39, 0.29) is 0 Å². The molecule has 1 spiro atoms. The first-order valence-corrected chi connectivity index (χ1v) is 6.05. The van der Waals surface area contributed by atoms with Crippen LogP contribution in [0.25, 0.3) is 0 Å². The van der Waals surface area contributed by atoms with Crippen LogP contribution in [0.15, 0.2) is 0 Å². The first kappa shape index (κ1) is 9.55. The smallest absolute Gasteiger partial charge is 0.0264 e. The fourth-order valence-corrected chi connectivity index (χ4v) is 3.89. The van der Waals surface area contributed by atoms with Gasteiger partial charge in [-0.05, 0) is 42.4 Å². The van der Waals surface area contributed by atoms with E-state index in [0.717, 1.165) is 11.3 Å². The fraction of sp³-hybridized carbons (Fsp3) is 1.00. The standard InChI is InChI=1S/C13H24/c1-12(2,3)11-7-4-5-8-13(11)9-6-10-13/h11H,4-10H2,1-3H3. The Morgan fingerprint density at radius 1 is 0.923 bits per heavy atom. The van der Waals surface area contributed by atoms with E-state index >= 15 is 0 Å². The zero-order valence-corrected chi connectivity index (χ0v) is 9.53. The van der Waals surface area contributed by atoms with Gasteiger partial charge >= 0.3 is 0 Å². The highest BCUT2D eigenvalue weighted by atomic mass is 14.5. The summed E-state index contributed by atoms with van der Waals surface area (Å²) in [6, 6.07) is 0. The lowest BCUT2D eigenvalue weighted by Crippen LogP contribution is -2.45. The van der Waals surface area contributed by atoms with Crippen LogP contribution in [0.4, 0.5) is 0 Å². The van der Waals surface area contributed by atoms with Crippen LogP contribution >= 0.6 is 0 Å². The Bertz CT molecular complexity index is 181. The van der Waals surface area contributed by atoms with Crippen LogP contribution in [0.2, 0.25) is 0 Å². The molecule has 2 aliphatic rings. The highest BCUT2D eigenvalue weighted by Crippen LogP contribution is 2.59. The van der Waals surface area contributed by atoms with Gasteiger partial charge in [-0.25, -0.2) is 0 Å². The highest BCUT2D eigenvalue weighted by molar-refractivity contribution is 4.99. The van der Waals surface area contributed by atoms with E-state index in [9.17, 15) is 0 Å². The Kier molecular flexibility index (Phi) is 2.20. The average molecular weight is 180 g/mol. The number of hydrogen-bond donors (Lipinski definition) is 0. The Morgan fingerprint density at radius 2 is 1.54 bits per heavy atom. The highest BCUT2D eigenvalue weighted by Gasteiger charge is 2.48. The molecule has 0 bridgehead atoms. The van der Waals surface area contributed by atoms with Gasteiger partial charge < -0.3 is 0 Å². The van der Waals surface area contributed by atoms with Gasteiger partial charge in [0.15, 0.2) is 0 Å². The van der Waals surface area contributed by atoms with Crippen molar-refractivity contribution in [2.75, 3.05) is 0 Å². The van der Waals surface area contributed by atoms with E-state index in [4.69, 9.17) is 0 Å². The third kappa shape index (κ3) is 1.53. The van der Waals surface area contributed by atoms with Gasteiger partial charge in [-0.1, -0.05) is 40.0 Å². The molecule has 0 N–H and O–H groups in total. The molecule has 0 aromatic rings. The number of rotatable bonds is 0. The lowest BCUT2D eigenvalue weighted by atomic mass is 9.50. The van der Waals surface area contributed by atoms with Crippen molar-refractivity contribution < 1.29 is 0 Å². The van der Waals surface area contributed by atoms with Gasteiger partial charge in [-0.3, -0.25) is 0 Å². The van der Waals surface area contributed by atoms with E-state index in [1.54, 1.807) is 0 Å². The lowest BCUT2D eigenvalue weighted by Gasteiger charge is -2.55. The summed E-state index contributed by atoms with van der Waals surface area (Å²) in [5, 5.41) is 0. The van der Waals surface area contributed by atoms with Crippen LogP contribution in [0, 0.1) is 16.7 Å². The molecule has 13 heavy (non-hydrogen) atoms. The normalized spacial score (nSPS) is 33.0. The molecule has 76 valence electrons. The van der Waals surface area contributed by atoms with Crippen molar-refractivity contribution in [3.05, 3.63) is 0 Å². The topological polar surface area (TPSA) is 0 Å². The third-order valence-electron chi connectivity index (χ3n) is 4.55. The number of hydrogen-bond acceptors (Lipinski definition) is 0. The Morgan fingerprint density at radius 3 is 1.92 bits per heavy atom. The van der Waals surface area contributed by atoms with Gasteiger partial charge in [-0.15, -0.1) is 0 Å². The second kappa shape index (κ2) is 3.00. The van der Waals surface area contributed by atoms with Gasteiger partial charge in [-0.2, -0.15) is 0 Å². The molecule has 0 amide bonds. The SMILES string of the molecule is CC(C)(C)C1CCCCC12CCC2. The molecule has 0 heterocycles. The Hall–Kier alpha value is 0. The van der Waals surface area contributed by atoms with Crippen molar-refractivity contribution in [2.24, 2.45) is 16.7 Å². The molecule has 2 fully saturated rings. The maximum absolute atomic E-state index is 2.45. The van der Waals surface area contributed by atoms with Crippen molar-refractivity contribution in [3.8, 4) is 0 Å². The summed E-state index contributed by atoms with van der Waals surface area (Å²) in [6.07, 6.45) is 10.6. The second-order valence-corrected chi connectivity index (χ2v) is 6.38. The maximum atomic E-state index is 2.45. The predicted molar refractivity (Wildman–Crippen MR) is 57.7 cm³/mol. The van der Waals surface area contributed by atoms with E-state index in [0.29, 0.717) is 5.41 Å². The zero-order chi connectivity index (χ0) is 9.53. The molecule has 0 saturated heterocycles. The van der Waals surface area contributed by atoms with Crippen molar-refractivity contribution in [1.82, 2.24) is 0 Å². The van der Waals surface area contributed by atoms with Crippen LogP contribution in [-0.4, -0.2) is 0 Å². The summed E-state index contributed by atoms with van der Waals surface area (Å²) >= 11 is 0. The molecule has 2 rings (SSSR count). The van der Waals surface area contributed by atoms with Crippen LogP contribution in [0.3, 0.4) is 0 Å².